The number of nitrogens with one attached hydrogen (secondary N) is 1. The molecule has 5 heteroatoms. The van der Waals surface area contributed by atoms with E-state index in [1.165, 1.54) is 25.7 Å². The summed E-state index contributed by atoms with van der Waals surface area (Å²) < 4.78 is 0. The minimum atomic E-state index is -0.597. The van der Waals surface area contributed by atoms with Crippen LogP contribution < -0.4 is 11.1 Å². The van der Waals surface area contributed by atoms with Crippen LogP contribution in [0.15, 0.2) is 24.3 Å². The van der Waals surface area contributed by atoms with Gasteiger partial charge in [-0.15, -0.1) is 0 Å². The molecule has 1 saturated carbocycles. The van der Waals surface area contributed by atoms with Crippen LogP contribution in [0.25, 0.3) is 0 Å². The molecule has 1 saturated heterocycles. The Morgan fingerprint density at radius 3 is 2.36 bits per heavy atom. The van der Waals surface area contributed by atoms with Gasteiger partial charge < -0.3 is 16.0 Å². The van der Waals surface area contributed by atoms with E-state index in [2.05, 4.69) is 10.2 Å². The summed E-state index contributed by atoms with van der Waals surface area (Å²) in [5.41, 5.74) is 6.37. The van der Waals surface area contributed by atoms with Crippen molar-refractivity contribution in [1.29, 1.82) is 0 Å². The van der Waals surface area contributed by atoms with Crippen molar-refractivity contribution in [2.45, 2.75) is 44.6 Å². The summed E-state index contributed by atoms with van der Waals surface area (Å²) in [5, 5.41) is 2.51. The van der Waals surface area contributed by atoms with Gasteiger partial charge in [0.25, 0.3) is 5.91 Å². The average molecular weight is 301 g/mol. The summed E-state index contributed by atoms with van der Waals surface area (Å²) >= 11 is 0. The molecule has 1 aliphatic heterocycles. The average Bonchev–Trinajstić information content (AvgIpc) is 3.17. The summed E-state index contributed by atoms with van der Waals surface area (Å²) in [5.74, 6) is 0.794. The van der Waals surface area contributed by atoms with Crippen LogP contribution in [-0.2, 0) is 0 Å². The standard InChI is InChI=1S/C17H23N3O2/c18-17(22)19-14-9-7-13(8-10-14)16(21)20-11-3-6-15(20)12-4-1-2-5-12/h7-10,12,15H,1-6,11H2,(H3,18,19,22)/t15-/m0/s1. The number of benzene rings is 1. The lowest BCUT2D eigenvalue weighted by Gasteiger charge is -2.29. The molecule has 1 heterocycles. The zero-order valence-corrected chi connectivity index (χ0v) is 12.8. The van der Waals surface area contributed by atoms with Gasteiger partial charge in [-0.1, -0.05) is 12.8 Å². The highest BCUT2D eigenvalue weighted by atomic mass is 16.2. The first-order valence-corrected chi connectivity index (χ1v) is 8.12. The number of nitrogens with zero attached hydrogens (tertiary/aromatic N) is 1. The topological polar surface area (TPSA) is 75.4 Å². The van der Waals surface area contributed by atoms with E-state index in [4.69, 9.17) is 5.73 Å². The molecule has 2 fully saturated rings. The van der Waals surface area contributed by atoms with Crippen LogP contribution in [0.1, 0.15) is 48.9 Å². The Hall–Kier alpha value is -2.04. The molecule has 0 spiro atoms. The van der Waals surface area contributed by atoms with E-state index in [1.54, 1.807) is 24.3 Å². The second-order valence-corrected chi connectivity index (χ2v) is 6.32. The fourth-order valence-corrected chi connectivity index (χ4v) is 3.88. The minimum Gasteiger partial charge on any atom is -0.351 e. The molecule has 22 heavy (non-hydrogen) atoms. The third-order valence-corrected chi connectivity index (χ3v) is 4.90. The van der Waals surface area contributed by atoms with Crippen molar-refractivity contribution in [3.8, 4) is 0 Å². The maximum absolute atomic E-state index is 12.8. The molecule has 0 bridgehead atoms. The number of urea groups is 1. The number of anilines is 1. The van der Waals surface area contributed by atoms with Gasteiger partial charge in [-0.25, -0.2) is 4.79 Å². The van der Waals surface area contributed by atoms with Gasteiger partial charge in [0.15, 0.2) is 0 Å². The molecule has 3 rings (SSSR count). The number of carbonyl (C=O) groups excluding carboxylic acids is 2. The number of amides is 3. The summed E-state index contributed by atoms with van der Waals surface area (Å²) in [7, 11) is 0. The molecular formula is C17H23N3O2. The third kappa shape index (κ3) is 3.08. The molecule has 5 nitrogen and oxygen atoms in total. The number of rotatable bonds is 3. The first-order chi connectivity index (χ1) is 10.6. The second kappa shape index (κ2) is 6.38. The SMILES string of the molecule is NC(=O)Nc1ccc(C(=O)N2CCC[C@H]2C2CCCC2)cc1. The van der Waals surface area contributed by atoms with Crippen molar-refractivity contribution in [1.82, 2.24) is 4.90 Å². The Bertz CT molecular complexity index is 550. The molecule has 1 atom stereocenters. The maximum atomic E-state index is 12.8. The monoisotopic (exact) mass is 301 g/mol. The number of primary amides is 1. The molecule has 3 amide bonds. The third-order valence-electron chi connectivity index (χ3n) is 4.90. The molecule has 1 aromatic rings. The number of carbonyl (C=O) groups is 2. The van der Waals surface area contributed by atoms with Crippen molar-refractivity contribution in [2.75, 3.05) is 11.9 Å². The van der Waals surface area contributed by atoms with Crippen LogP contribution in [0.2, 0.25) is 0 Å². The fourth-order valence-electron chi connectivity index (χ4n) is 3.88. The van der Waals surface area contributed by atoms with Crippen molar-refractivity contribution >= 4 is 17.6 Å². The molecule has 1 aliphatic carbocycles. The smallest absolute Gasteiger partial charge is 0.316 e. The molecule has 0 unspecified atom stereocenters. The van der Waals surface area contributed by atoms with Gasteiger partial charge in [0, 0.05) is 23.8 Å². The van der Waals surface area contributed by atoms with E-state index in [9.17, 15) is 9.59 Å². The second-order valence-electron chi connectivity index (χ2n) is 6.32. The lowest BCUT2D eigenvalue weighted by Crippen LogP contribution is -2.39. The highest BCUT2D eigenvalue weighted by molar-refractivity contribution is 5.95. The van der Waals surface area contributed by atoms with E-state index in [-0.39, 0.29) is 5.91 Å². The van der Waals surface area contributed by atoms with Gasteiger partial charge in [0.2, 0.25) is 0 Å². The van der Waals surface area contributed by atoms with E-state index >= 15 is 0 Å². The highest BCUT2D eigenvalue weighted by Gasteiger charge is 2.36. The van der Waals surface area contributed by atoms with Crippen molar-refractivity contribution in [3.05, 3.63) is 29.8 Å². The van der Waals surface area contributed by atoms with Gasteiger partial charge in [-0.3, -0.25) is 4.79 Å². The normalized spacial score (nSPS) is 22.0. The zero-order valence-electron chi connectivity index (χ0n) is 12.8. The van der Waals surface area contributed by atoms with Gasteiger partial charge in [0.1, 0.15) is 0 Å². The Balaban J connectivity index is 1.70. The number of hydrogen-bond donors (Lipinski definition) is 2. The molecule has 3 N–H and O–H groups in total. The lowest BCUT2D eigenvalue weighted by molar-refractivity contribution is 0.0689. The Labute approximate surface area is 130 Å². The van der Waals surface area contributed by atoms with Crippen LogP contribution in [0.4, 0.5) is 10.5 Å². The Kier molecular flexibility index (Phi) is 4.32. The summed E-state index contributed by atoms with van der Waals surface area (Å²) in [6.45, 7) is 0.862. The minimum absolute atomic E-state index is 0.111. The van der Waals surface area contributed by atoms with E-state index in [1.807, 2.05) is 0 Å². The number of nitrogens with two attached hydrogens (primary N) is 1. The Morgan fingerprint density at radius 2 is 1.73 bits per heavy atom. The lowest BCUT2D eigenvalue weighted by atomic mass is 9.95. The van der Waals surface area contributed by atoms with Crippen LogP contribution in [0.3, 0.4) is 0 Å². The van der Waals surface area contributed by atoms with Gasteiger partial charge in [-0.2, -0.15) is 0 Å². The van der Waals surface area contributed by atoms with Crippen LogP contribution in [0.5, 0.6) is 0 Å². The predicted octanol–water partition coefficient (Wildman–Crippen LogP) is 2.97. The summed E-state index contributed by atoms with van der Waals surface area (Å²) in [4.78, 5) is 25.6. The summed E-state index contributed by atoms with van der Waals surface area (Å²) in [6.07, 6.45) is 7.37. The summed E-state index contributed by atoms with van der Waals surface area (Å²) in [6, 6.07) is 6.78. The molecule has 2 aliphatic rings. The van der Waals surface area contributed by atoms with Crippen LogP contribution >= 0.6 is 0 Å². The largest absolute Gasteiger partial charge is 0.351 e. The molecule has 0 radical (unpaired) electrons. The van der Waals surface area contributed by atoms with E-state index < -0.39 is 6.03 Å². The first kappa shape index (κ1) is 14.9. The van der Waals surface area contributed by atoms with Crippen molar-refractivity contribution < 1.29 is 9.59 Å². The van der Waals surface area contributed by atoms with Gasteiger partial charge >= 0.3 is 6.03 Å². The van der Waals surface area contributed by atoms with Gasteiger partial charge in [-0.05, 0) is 55.9 Å². The molecule has 118 valence electrons. The number of hydrogen-bond acceptors (Lipinski definition) is 2. The van der Waals surface area contributed by atoms with E-state index in [0.29, 0.717) is 23.2 Å². The van der Waals surface area contributed by atoms with Gasteiger partial charge in [0.05, 0.1) is 0 Å². The van der Waals surface area contributed by atoms with Crippen LogP contribution in [0, 0.1) is 5.92 Å². The van der Waals surface area contributed by atoms with Crippen LogP contribution in [-0.4, -0.2) is 29.4 Å². The molecule has 1 aromatic carbocycles. The quantitative estimate of drug-likeness (QED) is 0.900. The maximum Gasteiger partial charge on any atom is 0.316 e. The molecular weight excluding hydrogens is 278 g/mol. The fraction of sp³-hybridized carbons (Fsp3) is 0.529. The van der Waals surface area contributed by atoms with E-state index in [0.717, 1.165) is 19.4 Å². The Morgan fingerprint density at radius 1 is 1.05 bits per heavy atom. The van der Waals surface area contributed by atoms with Crippen molar-refractivity contribution in [3.63, 3.8) is 0 Å². The molecule has 0 aromatic heterocycles. The number of likely N-dealkylation sites (tertiary alicyclic amines) is 1. The highest BCUT2D eigenvalue weighted by Crippen LogP contribution is 2.36. The first-order valence-electron chi connectivity index (χ1n) is 8.12. The zero-order chi connectivity index (χ0) is 15.5. The predicted molar refractivity (Wildman–Crippen MR) is 85.7 cm³/mol. The van der Waals surface area contributed by atoms with Crippen molar-refractivity contribution in [2.24, 2.45) is 11.7 Å².